The molecule has 0 aromatic heterocycles. The number of aliphatic hydroxyl groups excluding tert-OH is 3. The van der Waals surface area contributed by atoms with Crippen LogP contribution in [-0.2, 0) is 0 Å². The summed E-state index contributed by atoms with van der Waals surface area (Å²) in [7, 11) is 0. The highest BCUT2D eigenvalue weighted by Gasteiger charge is 2.28. The van der Waals surface area contributed by atoms with Crippen LogP contribution in [0.4, 0.5) is 0 Å². The molecule has 0 aliphatic heterocycles. The molecule has 0 aromatic rings. The number of rotatable bonds is 16. The number of hydrogen-bond acceptors (Lipinski definition) is 5. The molecule has 0 aromatic carbocycles. The Morgan fingerprint density at radius 2 is 1.37 bits per heavy atom. The predicted molar refractivity (Wildman–Crippen MR) is 124 cm³/mol. The number of unbranched alkanes of at least 4 members (excludes halogenated alkanes) is 1. The zero-order chi connectivity index (χ0) is 23.4. The van der Waals surface area contributed by atoms with E-state index in [4.69, 9.17) is 5.11 Å². The van der Waals surface area contributed by atoms with E-state index in [0.29, 0.717) is 25.2 Å². The third-order valence-corrected chi connectivity index (χ3v) is 6.02. The van der Waals surface area contributed by atoms with Gasteiger partial charge in [-0.2, -0.15) is 0 Å². The molecule has 0 radical (unpaired) electrons. The molecule has 0 rings (SSSR count). The first-order valence-corrected chi connectivity index (χ1v) is 11.5. The van der Waals surface area contributed by atoms with Crippen molar-refractivity contribution in [3.63, 3.8) is 0 Å². The molecule has 0 spiro atoms. The van der Waals surface area contributed by atoms with Crippen molar-refractivity contribution in [1.82, 2.24) is 0 Å². The molecular formula is C25H48O5. The average Bonchev–Trinajstić information content (AvgIpc) is 2.66. The molecule has 0 saturated carbocycles. The molecule has 30 heavy (non-hydrogen) atoms. The molecule has 0 heterocycles. The van der Waals surface area contributed by atoms with Crippen molar-refractivity contribution in [2.75, 3.05) is 6.61 Å². The van der Waals surface area contributed by atoms with E-state index in [1.54, 1.807) is 13.8 Å². The van der Waals surface area contributed by atoms with Gasteiger partial charge in [-0.3, -0.25) is 0 Å². The number of allylic oxidation sites excluding steroid dienone is 4. The lowest BCUT2D eigenvalue weighted by atomic mass is 9.91. The van der Waals surface area contributed by atoms with E-state index < -0.39 is 30.0 Å². The highest BCUT2D eigenvalue weighted by molar-refractivity contribution is 5.04. The van der Waals surface area contributed by atoms with E-state index in [-0.39, 0.29) is 0 Å². The average molecular weight is 429 g/mol. The standard InChI is InChI=1S/C25H48O5/c1-19(10-7-8-11-20(2)14-16-22(27)24(4,5)29)12-9-13-21(3)15-17-23(28)25(6,30)18-26/h10,13,20,22-23,26-30H,7-9,11-12,14-18H2,1-6H3/b19-10+,21-13+/t20?,22-,23-,25+/m1/s1. The Labute approximate surface area is 184 Å². The van der Waals surface area contributed by atoms with Gasteiger partial charge in [-0.25, -0.2) is 0 Å². The first-order chi connectivity index (χ1) is 13.8. The van der Waals surface area contributed by atoms with Crippen molar-refractivity contribution >= 4 is 0 Å². The lowest BCUT2D eigenvalue weighted by Gasteiger charge is -2.26. The highest BCUT2D eigenvalue weighted by Crippen LogP contribution is 2.21. The fourth-order valence-corrected chi connectivity index (χ4v) is 3.29. The summed E-state index contributed by atoms with van der Waals surface area (Å²) in [5, 5.41) is 48.5. The van der Waals surface area contributed by atoms with Crippen molar-refractivity contribution in [2.45, 2.75) is 123 Å². The molecule has 1 unspecified atom stereocenters. The van der Waals surface area contributed by atoms with E-state index in [0.717, 1.165) is 38.5 Å². The monoisotopic (exact) mass is 428 g/mol. The Hall–Kier alpha value is -0.720. The predicted octanol–water partition coefficient (Wildman–Crippen LogP) is 4.26. The SMILES string of the molecule is C/C(=C\CCCC(C)CC[C@@H](O)C(C)(C)O)CC/C=C(\C)CC[C@@H](O)[C@@](C)(O)CO. The molecule has 5 N–H and O–H groups in total. The third-order valence-electron chi connectivity index (χ3n) is 6.02. The van der Waals surface area contributed by atoms with Crippen LogP contribution < -0.4 is 0 Å². The molecule has 0 fully saturated rings. The second-order valence-corrected chi connectivity index (χ2v) is 9.99. The van der Waals surface area contributed by atoms with Gasteiger partial charge in [0.1, 0.15) is 5.60 Å². The van der Waals surface area contributed by atoms with Crippen molar-refractivity contribution in [3.05, 3.63) is 23.3 Å². The molecule has 0 saturated heterocycles. The van der Waals surface area contributed by atoms with Crippen LogP contribution in [0.5, 0.6) is 0 Å². The Bertz CT molecular complexity index is 516. The fourth-order valence-electron chi connectivity index (χ4n) is 3.29. The first-order valence-electron chi connectivity index (χ1n) is 11.5. The molecule has 0 aliphatic carbocycles. The van der Waals surface area contributed by atoms with E-state index in [9.17, 15) is 20.4 Å². The van der Waals surface area contributed by atoms with E-state index in [2.05, 4.69) is 26.0 Å². The Balaban J connectivity index is 4.04. The molecule has 4 atom stereocenters. The summed E-state index contributed by atoms with van der Waals surface area (Å²) in [6, 6.07) is 0. The van der Waals surface area contributed by atoms with Gasteiger partial charge in [0.25, 0.3) is 0 Å². The minimum Gasteiger partial charge on any atom is -0.393 e. The summed E-state index contributed by atoms with van der Waals surface area (Å²) in [4.78, 5) is 0. The normalized spacial score (nSPS) is 18.8. The Kier molecular flexibility index (Phi) is 14.0. The maximum absolute atomic E-state index is 9.93. The third kappa shape index (κ3) is 13.6. The molecule has 5 nitrogen and oxygen atoms in total. The van der Waals surface area contributed by atoms with Crippen molar-refractivity contribution in [2.24, 2.45) is 5.92 Å². The molecule has 0 aliphatic rings. The van der Waals surface area contributed by atoms with Gasteiger partial charge in [-0.1, -0.05) is 36.6 Å². The van der Waals surface area contributed by atoms with Crippen LogP contribution in [0.15, 0.2) is 23.3 Å². The smallest absolute Gasteiger partial charge is 0.111 e. The van der Waals surface area contributed by atoms with Gasteiger partial charge in [-0.15, -0.1) is 0 Å². The van der Waals surface area contributed by atoms with Crippen LogP contribution in [0, 0.1) is 5.92 Å². The zero-order valence-corrected chi connectivity index (χ0v) is 20.2. The van der Waals surface area contributed by atoms with Crippen LogP contribution in [0.2, 0.25) is 0 Å². The lowest BCUT2D eigenvalue weighted by molar-refractivity contribution is -0.0942. The highest BCUT2D eigenvalue weighted by atomic mass is 16.4. The van der Waals surface area contributed by atoms with Gasteiger partial charge in [-0.05, 0) is 91.9 Å². The van der Waals surface area contributed by atoms with Gasteiger partial charge in [0, 0.05) is 0 Å². The molecule has 5 heteroatoms. The van der Waals surface area contributed by atoms with Gasteiger partial charge >= 0.3 is 0 Å². The molecule has 178 valence electrons. The van der Waals surface area contributed by atoms with Crippen molar-refractivity contribution in [3.8, 4) is 0 Å². The fraction of sp³-hybridized carbons (Fsp3) is 0.840. The van der Waals surface area contributed by atoms with Crippen LogP contribution in [0.25, 0.3) is 0 Å². The van der Waals surface area contributed by atoms with E-state index in [1.807, 2.05) is 6.92 Å². The zero-order valence-electron chi connectivity index (χ0n) is 20.2. The summed E-state index contributed by atoms with van der Waals surface area (Å²) in [6.45, 7) is 10.7. The summed E-state index contributed by atoms with van der Waals surface area (Å²) < 4.78 is 0. The molecule has 0 bridgehead atoms. The van der Waals surface area contributed by atoms with Gasteiger partial charge in [0.05, 0.1) is 24.4 Å². The summed E-state index contributed by atoms with van der Waals surface area (Å²) in [5.41, 5.74) is 0.113. The second kappa shape index (κ2) is 14.4. The second-order valence-electron chi connectivity index (χ2n) is 9.99. The van der Waals surface area contributed by atoms with Crippen LogP contribution in [-0.4, -0.2) is 55.5 Å². The largest absolute Gasteiger partial charge is 0.393 e. The Morgan fingerprint density at radius 3 is 1.93 bits per heavy atom. The summed E-state index contributed by atoms with van der Waals surface area (Å²) in [6.07, 6.45) is 10.9. The minimum absolute atomic E-state index is 0.440. The summed E-state index contributed by atoms with van der Waals surface area (Å²) >= 11 is 0. The van der Waals surface area contributed by atoms with Crippen LogP contribution in [0.1, 0.15) is 99.3 Å². The number of hydrogen-bond donors (Lipinski definition) is 5. The topological polar surface area (TPSA) is 101 Å². The lowest BCUT2D eigenvalue weighted by Crippen LogP contribution is -2.42. The molecular weight excluding hydrogens is 380 g/mol. The van der Waals surface area contributed by atoms with Crippen molar-refractivity contribution < 1.29 is 25.5 Å². The summed E-state index contributed by atoms with van der Waals surface area (Å²) in [5.74, 6) is 0.545. The minimum atomic E-state index is -1.44. The van der Waals surface area contributed by atoms with Gasteiger partial charge in [0.2, 0.25) is 0 Å². The van der Waals surface area contributed by atoms with Crippen LogP contribution in [0.3, 0.4) is 0 Å². The van der Waals surface area contributed by atoms with E-state index >= 15 is 0 Å². The van der Waals surface area contributed by atoms with Crippen molar-refractivity contribution in [1.29, 1.82) is 0 Å². The van der Waals surface area contributed by atoms with E-state index in [1.165, 1.54) is 18.1 Å². The molecule has 0 amide bonds. The maximum Gasteiger partial charge on any atom is 0.111 e. The van der Waals surface area contributed by atoms with Gasteiger partial charge in [0.15, 0.2) is 0 Å². The van der Waals surface area contributed by atoms with Crippen LogP contribution >= 0.6 is 0 Å². The maximum atomic E-state index is 9.93. The quantitative estimate of drug-likeness (QED) is 0.187. The Morgan fingerprint density at radius 1 is 0.800 bits per heavy atom. The number of aliphatic hydroxyl groups is 5. The van der Waals surface area contributed by atoms with Gasteiger partial charge < -0.3 is 25.5 Å². The first kappa shape index (κ1) is 29.3.